The van der Waals surface area contributed by atoms with E-state index in [1.807, 2.05) is 0 Å². The molecule has 6 heteroatoms. The molecule has 2 atom stereocenters. The van der Waals surface area contributed by atoms with Crippen molar-refractivity contribution in [3.63, 3.8) is 0 Å². The lowest BCUT2D eigenvalue weighted by molar-refractivity contribution is -0.404. The smallest absolute Gasteiger partial charge is 0.320 e. The first-order valence-electron chi connectivity index (χ1n) is 4.03. The van der Waals surface area contributed by atoms with Crippen LogP contribution in [-0.2, 0) is 19.2 Å². The Balaban J connectivity index is 2.60. The highest BCUT2D eigenvalue weighted by molar-refractivity contribution is 6.18. The highest BCUT2D eigenvalue weighted by Crippen LogP contribution is 2.35. The van der Waals surface area contributed by atoms with Crippen molar-refractivity contribution in [3.8, 4) is 0 Å². The molecule has 0 spiro atoms. The third-order valence-electron chi connectivity index (χ3n) is 1.54. The molecule has 0 unspecified atom stereocenters. The van der Waals surface area contributed by atoms with Gasteiger partial charge in [-0.15, -0.1) is 29.8 Å². The van der Waals surface area contributed by atoms with Gasteiger partial charge in [0.25, 0.3) is 0 Å². The minimum absolute atomic E-state index is 0.0205. The van der Waals surface area contributed by atoms with E-state index in [-0.39, 0.29) is 18.4 Å². The zero-order valence-corrected chi connectivity index (χ0v) is 9.31. The summed E-state index contributed by atoms with van der Waals surface area (Å²) in [5, 5.41) is 0. The molecule has 1 saturated heterocycles. The summed E-state index contributed by atoms with van der Waals surface area (Å²) in [6.45, 7) is 5.37. The molecule has 1 heterocycles. The van der Waals surface area contributed by atoms with E-state index in [1.165, 1.54) is 0 Å². The van der Waals surface area contributed by atoms with E-state index in [0.717, 1.165) is 0 Å². The fourth-order valence-corrected chi connectivity index (χ4v) is 1.17. The summed E-state index contributed by atoms with van der Waals surface area (Å²) in [5.41, 5.74) is 0. The van der Waals surface area contributed by atoms with Gasteiger partial charge in [0, 0.05) is 0 Å². The Hall–Kier alpha value is 0.160. The van der Waals surface area contributed by atoms with Crippen LogP contribution in [0.1, 0.15) is 6.92 Å². The van der Waals surface area contributed by atoms with E-state index in [0.29, 0.717) is 0 Å². The molecule has 0 N–H and O–H groups in total. The van der Waals surface area contributed by atoms with Crippen LogP contribution in [0.5, 0.6) is 0 Å². The molecule has 0 saturated carbocycles. The number of ether oxygens (including phenoxy) is 2. The van der Waals surface area contributed by atoms with Crippen molar-refractivity contribution in [2.24, 2.45) is 0 Å². The van der Waals surface area contributed by atoms with Crippen LogP contribution in [0.25, 0.3) is 0 Å². The van der Waals surface area contributed by atoms with Crippen LogP contribution in [0.4, 0.5) is 0 Å². The highest BCUT2D eigenvalue weighted by atomic mass is 35.5. The molecule has 0 amide bonds. The Kier molecular flexibility index (Phi) is 4.18. The van der Waals surface area contributed by atoms with Crippen molar-refractivity contribution in [3.05, 3.63) is 12.7 Å². The first-order chi connectivity index (χ1) is 6.60. The minimum atomic E-state index is -1.39. The van der Waals surface area contributed by atoms with Crippen molar-refractivity contribution >= 4 is 23.2 Å². The van der Waals surface area contributed by atoms with Gasteiger partial charge < -0.3 is 4.74 Å². The lowest BCUT2D eigenvalue weighted by Gasteiger charge is -2.23. The molecule has 1 rings (SSSR count). The zero-order valence-electron chi connectivity index (χ0n) is 7.79. The molecule has 4 nitrogen and oxygen atoms in total. The SMILES string of the molecule is C=CCO[C@@]1(CCl)OO[C@](C)(CCl)O1. The maximum Gasteiger partial charge on any atom is 0.328 e. The summed E-state index contributed by atoms with van der Waals surface area (Å²) in [5.74, 6) is -2.33. The Morgan fingerprint density at radius 1 is 1.36 bits per heavy atom. The Bertz CT molecular complexity index is 214. The van der Waals surface area contributed by atoms with Gasteiger partial charge in [0.05, 0.1) is 12.5 Å². The Morgan fingerprint density at radius 3 is 2.50 bits per heavy atom. The predicted molar refractivity (Wildman–Crippen MR) is 52.0 cm³/mol. The van der Waals surface area contributed by atoms with E-state index in [4.69, 9.17) is 42.5 Å². The quantitative estimate of drug-likeness (QED) is 0.420. The molecule has 0 aliphatic carbocycles. The van der Waals surface area contributed by atoms with Crippen molar-refractivity contribution in [1.82, 2.24) is 0 Å². The second kappa shape index (κ2) is 4.79. The molecular formula is C8H12Cl2O4. The molecule has 1 fully saturated rings. The second-order valence-electron chi connectivity index (χ2n) is 2.95. The third kappa shape index (κ3) is 2.59. The van der Waals surface area contributed by atoms with Crippen molar-refractivity contribution in [2.75, 3.05) is 18.4 Å². The average molecular weight is 243 g/mol. The van der Waals surface area contributed by atoms with E-state index < -0.39 is 11.8 Å². The molecule has 14 heavy (non-hydrogen) atoms. The fourth-order valence-electron chi connectivity index (χ4n) is 0.892. The summed E-state index contributed by atoms with van der Waals surface area (Å²) >= 11 is 11.3. The van der Waals surface area contributed by atoms with Crippen LogP contribution in [0.2, 0.25) is 0 Å². The summed E-state index contributed by atoms with van der Waals surface area (Å²) in [4.78, 5) is 9.79. The number of halogens is 2. The minimum Gasteiger partial charge on any atom is -0.320 e. The van der Waals surface area contributed by atoms with E-state index in [9.17, 15) is 0 Å². The number of rotatable bonds is 5. The molecule has 0 radical (unpaired) electrons. The lowest BCUT2D eigenvalue weighted by atomic mass is 10.4. The standard InChI is InChI=1S/C8H12Cl2O4/c1-3-4-11-8(6-10)12-7(2,5-9)13-14-8/h3H,1,4-6H2,2H3/t7-,8-/m1/s1. The molecule has 0 aromatic carbocycles. The summed E-state index contributed by atoms with van der Waals surface area (Å²) in [6, 6.07) is 0. The Labute approximate surface area is 92.6 Å². The largest absolute Gasteiger partial charge is 0.328 e. The van der Waals surface area contributed by atoms with Crippen LogP contribution < -0.4 is 0 Å². The van der Waals surface area contributed by atoms with E-state index >= 15 is 0 Å². The van der Waals surface area contributed by atoms with E-state index in [1.54, 1.807) is 13.0 Å². The van der Waals surface area contributed by atoms with Gasteiger partial charge in [0.15, 0.2) is 0 Å². The molecule has 0 aromatic heterocycles. The molecule has 0 aromatic rings. The first-order valence-corrected chi connectivity index (χ1v) is 5.10. The molecular weight excluding hydrogens is 231 g/mol. The van der Waals surface area contributed by atoms with E-state index in [2.05, 4.69) is 6.58 Å². The first kappa shape index (κ1) is 12.2. The van der Waals surface area contributed by atoms with Gasteiger partial charge >= 0.3 is 5.97 Å². The summed E-state index contributed by atoms with van der Waals surface area (Å²) in [6.07, 6.45) is 1.55. The van der Waals surface area contributed by atoms with Crippen LogP contribution >= 0.6 is 23.2 Å². The van der Waals surface area contributed by atoms with Crippen molar-refractivity contribution < 1.29 is 19.2 Å². The maximum absolute atomic E-state index is 5.65. The van der Waals surface area contributed by atoms with Crippen LogP contribution in [0, 0.1) is 0 Å². The molecule has 1 aliphatic heterocycles. The Morgan fingerprint density at radius 2 is 2.07 bits per heavy atom. The second-order valence-corrected chi connectivity index (χ2v) is 3.49. The third-order valence-corrected chi connectivity index (χ3v) is 2.36. The van der Waals surface area contributed by atoms with Crippen molar-refractivity contribution in [2.45, 2.75) is 18.7 Å². The van der Waals surface area contributed by atoms with Gasteiger partial charge in [-0.25, -0.2) is 0 Å². The maximum atomic E-state index is 5.65. The lowest BCUT2D eigenvalue weighted by Crippen LogP contribution is -2.40. The average Bonchev–Trinajstić information content (AvgIpc) is 2.55. The van der Waals surface area contributed by atoms with Gasteiger partial charge in [0.2, 0.25) is 5.79 Å². The zero-order chi connectivity index (χ0) is 10.7. The van der Waals surface area contributed by atoms with Crippen LogP contribution in [-0.4, -0.2) is 30.1 Å². The summed E-state index contributed by atoms with van der Waals surface area (Å²) < 4.78 is 10.6. The van der Waals surface area contributed by atoms with Gasteiger partial charge in [-0.2, -0.15) is 9.78 Å². The van der Waals surface area contributed by atoms with Crippen LogP contribution in [0.3, 0.4) is 0 Å². The number of hydrogen-bond acceptors (Lipinski definition) is 4. The monoisotopic (exact) mass is 242 g/mol. The number of hydrogen-bond donors (Lipinski definition) is 0. The van der Waals surface area contributed by atoms with Gasteiger partial charge in [-0.1, -0.05) is 6.08 Å². The summed E-state index contributed by atoms with van der Waals surface area (Å²) in [7, 11) is 0. The normalized spacial score (nSPS) is 37.4. The molecule has 82 valence electrons. The number of alkyl halides is 2. The van der Waals surface area contributed by atoms with Gasteiger partial charge in [0.1, 0.15) is 5.88 Å². The topological polar surface area (TPSA) is 36.9 Å². The van der Waals surface area contributed by atoms with Gasteiger partial charge in [-0.05, 0) is 6.92 Å². The highest BCUT2D eigenvalue weighted by Gasteiger charge is 2.51. The fraction of sp³-hybridized carbons (Fsp3) is 0.750. The van der Waals surface area contributed by atoms with Crippen LogP contribution in [0.15, 0.2) is 12.7 Å². The van der Waals surface area contributed by atoms with Crippen molar-refractivity contribution in [1.29, 1.82) is 0 Å². The predicted octanol–water partition coefficient (Wildman–Crippen LogP) is 2.02. The molecule has 1 aliphatic rings. The van der Waals surface area contributed by atoms with Gasteiger partial charge in [-0.3, -0.25) is 4.74 Å². The molecule has 0 bridgehead atoms.